The van der Waals surface area contributed by atoms with Crippen molar-refractivity contribution in [2.75, 3.05) is 5.32 Å². The van der Waals surface area contributed by atoms with E-state index >= 15 is 0 Å². The highest BCUT2D eigenvalue weighted by atomic mass is 16.4. The molecule has 0 aromatic carbocycles. The molecule has 1 saturated carbocycles. The summed E-state index contributed by atoms with van der Waals surface area (Å²) in [6.45, 7) is 3.74. The predicted octanol–water partition coefficient (Wildman–Crippen LogP) is 1.86. The lowest BCUT2D eigenvalue weighted by Crippen LogP contribution is -2.36. The van der Waals surface area contributed by atoms with Gasteiger partial charge in [-0.1, -0.05) is 12.8 Å². The number of carboxylic acids is 1. The van der Waals surface area contributed by atoms with Gasteiger partial charge in [0.2, 0.25) is 5.91 Å². The molecule has 2 unspecified atom stereocenters. The number of aromatic amines is 1. The van der Waals surface area contributed by atoms with Crippen LogP contribution in [0.15, 0.2) is 0 Å². The van der Waals surface area contributed by atoms with Crippen LogP contribution in [-0.2, 0) is 9.59 Å². The summed E-state index contributed by atoms with van der Waals surface area (Å²) in [4.78, 5) is 23.4. The van der Waals surface area contributed by atoms with Gasteiger partial charge in [-0.25, -0.2) is 0 Å². The fraction of sp³-hybridized carbons (Fsp3) is 0.615. The van der Waals surface area contributed by atoms with Crippen LogP contribution >= 0.6 is 0 Å². The molecule has 1 amide bonds. The Morgan fingerprint density at radius 3 is 2.42 bits per heavy atom. The topological polar surface area (TPSA) is 95.1 Å². The number of hydrogen-bond donors (Lipinski definition) is 3. The molecule has 0 aliphatic heterocycles. The number of aromatic nitrogens is 2. The van der Waals surface area contributed by atoms with Crippen LogP contribution in [0.1, 0.15) is 36.9 Å². The number of carbonyl (C=O) groups excluding carboxylic acids is 1. The molecule has 1 aromatic heterocycles. The highest BCUT2D eigenvalue weighted by molar-refractivity contribution is 5.95. The Labute approximate surface area is 111 Å². The van der Waals surface area contributed by atoms with Gasteiger partial charge in [0.1, 0.15) is 0 Å². The molecule has 0 bridgehead atoms. The fourth-order valence-electron chi connectivity index (χ4n) is 2.56. The zero-order valence-corrected chi connectivity index (χ0v) is 11.2. The molecule has 6 nitrogen and oxygen atoms in total. The van der Waals surface area contributed by atoms with E-state index in [-0.39, 0.29) is 5.91 Å². The van der Waals surface area contributed by atoms with Gasteiger partial charge >= 0.3 is 5.97 Å². The molecule has 1 fully saturated rings. The standard InChI is InChI=1S/C13H19N3O3/c1-7-8(2)15-16-11(7)14-12(17)9-5-3-4-6-10(9)13(18)19/h9-10H,3-6H2,1-2H3,(H,18,19)(H2,14,15,16,17). The molecular weight excluding hydrogens is 246 g/mol. The maximum absolute atomic E-state index is 12.2. The summed E-state index contributed by atoms with van der Waals surface area (Å²) in [5, 5.41) is 18.7. The molecule has 1 aliphatic rings. The van der Waals surface area contributed by atoms with E-state index in [1.54, 1.807) is 0 Å². The first-order valence-electron chi connectivity index (χ1n) is 6.56. The zero-order chi connectivity index (χ0) is 14.0. The maximum atomic E-state index is 12.2. The van der Waals surface area contributed by atoms with Crippen molar-refractivity contribution in [2.45, 2.75) is 39.5 Å². The molecular formula is C13H19N3O3. The third-order valence-electron chi connectivity index (χ3n) is 3.91. The number of carbonyl (C=O) groups is 2. The Bertz CT molecular complexity index is 495. The molecule has 0 spiro atoms. The summed E-state index contributed by atoms with van der Waals surface area (Å²) >= 11 is 0. The van der Waals surface area contributed by atoms with Gasteiger partial charge in [0.05, 0.1) is 11.8 Å². The van der Waals surface area contributed by atoms with E-state index in [4.69, 9.17) is 0 Å². The van der Waals surface area contributed by atoms with Gasteiger partial charge in [-0.3, -0.25) is 14.7 Å². The molecule has 1 aliphatic carbocycles. The highest BCUT2D eigenvalue weighted by Gasteiger charge is 2.36. The minimum Gasteiger partial charge on any atom is -0.481 e. The Morgan fingerprint density at radius 1 is 1.26 bits per heavy atom. The second-order valence-electron chi connectivity index (χ2n) is 5.15. The summed E-state index contributed by atoms with van der Waals surface area (Å²) in [5.74, 6) is -1.65. The minimum atomic E-state index is -0.880. The molecule has 6 heteroatoms. The van der Waals surface area contributed by atoms with Gasteiger partial charge in [0.25, 0.3) is 0 Å². The summed E-state index contributed by atoms with van der Waals surface area (Å²) in [7, 11) is 0. The van der Waals surface area contributed by atoms with Crippen LogP contribution < -0.4 is 5.32 Å². The quantitative estimate of drug-likeness (QED) is 0.777. The average molecular weight is 265 g/mol. The Balaban J connectivity index is 2.10. The first-order chi connectivity index (χ1) is 9.00. The van der Waals surface area contributed by atoms with Crippen LogP contribution in [-0.4, -0.2) is 27.2 Å². The van der Waals surface area contributed by atoms with Crippen LogP contribution in [0, 0.1) is 25.7 Å². The summed E-state index contributed by atoms with van der Waals surface area (Å²) < 4.78 is 0. The minimum absolute atomic E-state index is 0.235. The van der Waals surface area contributed by atoms with Gasteiger partial charge in [-0.2, -0.15) is 5.10 Å². The van der Waals surface area contributed by atoms with E-state index in [1.807, 2.05) is 13.8 Å². The molecule has 1 aromatic rings. The number of nitrogens with zero attached hydrogens (tertiary/aromatic N) is 1. The van der Waals surface area contributed by atoms with Crippen molar-refractivity contribution < 1.29 is 14.7 Å². The molecule has 2 atom stereocenters. The maximum Gasteiger partial charge on any atom is 0.307 e. The van der Waals surface area contributed by atoms with Crippen molar-refractivity contribution >= 4 is 17.7 Å². The summed E-state index contributed by atoms with van der Waals surface area (Å²) in [6, 6.07) is 0. The fourth-order valence-corrected chi connectivity index (χ4v) is 2.56. The molecule has 0 saturated heterocycles. The Morgan fingerprint density at radius 2 is 1.89 bits per heavy atom. The van der Waals surface area contributed by atoms with E-state index in [2.05, 4.69) is 15.5 Å². The monoisotopic (exact) mass is 265 g/mol. The lowest BCUT2D eigenvalue weighted by atomic mass is 9.78. The number of amides is 1. The molecule has 2 rings (SSSR count). The van der Waals surface area contributed by atoms with Gasteiger partial charge in [-0.05, 0) is 26.7 Å². The first-order valence-corrected chi connectivity index (χ1v) is 6.56. The number of carboxylic acid groups (broad SMARTS) is 1. The zero-order valence-electron chi connectivity index (χ0n) is 11.2. The average Bonchev–Trinajstić information content (AvgIpc) is 2.70. The number of H-pyrrole nitrogens is 1. The predicted molar refractivity (Wildman–Crippen MR) is 69.8 cm³/mol. The number of aliphatic carboxylic acids is 1. The lowest BCUT2D eigenvalue weighted by molar-refractivity contribution is -0.147. The molecule has 104 valence electrons. The van der Waals surface area contributed by atoms with Gasteiger partial charge in [0, 0.05) is 11.3 Å². The third-order valence-corrected chi connectivity index (χ3v) is 3.91. The summed E-state index contributed by atoms with van der Waals surface area (Å²) in [6.07, 6.45) is 2.99. The largest absolute Gasteiger partial charge is 0.481 e. The smallest absolute Gasteiger partial charge is 0.307 e. The normalized spacial score (nSPS) is 23.1. The molecule has 0 radical (unpaired) electrons. The van der Waals surface area contributed by atoms with Crippen molar-refractivity contribution in [3.63, 3.8) is 0 Å². The van der Waals surface area contributed by atoms with Crippen molar-refractivity contribution in [3.8, 4) is 0 Å². The van der Waals surface area contributed by atoms with E-state index in [1.165, 1.54) is 0 Å². The van der Waals surface area contributed by atoms with Gasteiger partial charge < -0.3 is 10.4 Å². The van der Waals surface area contributed by atoms with Crippen molar-refractivity contribution in [2.24, 2.45) is 11.8 Å². The van der Waals surface area contributed by atoms with Gasteiger partial charge in [-0.15, -0.1) is 0 Å². The van der Waals surface area contributed by atoms with Crippen LogP contribution in [0.5, 0.6) is 0 Å². The van der Waals surface area contributed by atoms with Crippen molar-refractivity contribution in [1.82, 2.24) is 10.2 Å². The Kier molecular flexibility index (Phi) is 3.87. The van der Waals surface area contributed by atoms with Crippen molar-refractivity contribution in [3.05, 3.63) is 11.3 Å². The van der Waals surface area contributed by atoms with E-state index < -0.39 is 17.8 Å². The second kappa shape index (κ2) is 5.42. The number of anilines is 1. The molecule has 1 heterocycles. The third kappa shape index (κ3) is 2.77. The number of aryl methyl sites for hydroxylation is 1. The van der Waals surface area contributed by atoms with E-state index in [9.17, 15) is 14.7 Å². The highest BCUT2D eigenvalue weighted by Crippen LogP contribution is 2.31. The van der Waals surface area contributed by atoms with Crippen LogP contribution in [0.2, 0.25) is 0 Å². The lowest BCUT2D eigenvalue weighted by Gasteiger charge is -2.27. The summed E-state index contributed by atoms with van der Waals surface area (Å²) in [5.41, 5.74) is 1.78. The van der Waals surface area contributed by atoms with Crippen LogP contribution in [0.4, 0.5) is 5.82 Å². The molecule has 19 heavy (non-hydrogen) atoms. The SMILES string of the molecule is Cc1[nH]nc(NC(=O)C2CCCCC2C(=O)O)c1C. The second-order valence-corrected chi connectivity index (χ2v) is 5.15. The van der Waals surface area contributed by atoms with E-state index in [0.29, 0.717) is 18.7 Å². The van der Waals surface area contributed by atoms with Crippen LogP contribution in [0.3, 0.4) is 0 Å². The first kappa shape index (κ1) is 13.6. The number of nitrogens with one attached hydrogen (secondary N) is 2. The Hall–Kier alpha value is -1.85. The van der Waals surface area contributed by atoms with Crippen LogP contribution in [0.25, 0.3) is 0 Å². The number of rotatable bonds is 3. The van der Waals surface area contributed by atoms with Gasteiger partial charge in [0.15, 0.2) is 5.82 Å². The van der Waals surface area contributed by atoms with Crippen molar-refractivity contribution in [1.29, 1.82) is 0 Å². The molecule has 3 N–H and O–H groups in total. The van der Waals surface area contributed by atoms with E-state index in [0.717, 1.165) is 24.1 Å². The number of hydrogen-bond acceptors (Lipinski definition) is 3.